The second kappa shape index (κ2) is 5.15. The summed E-state index contributed by atoms with van der Waals surface area (Å²) in [5, 5.41) is 0.363. The van der Waals surface area contributed by atoms with E-state index in [0.29, 0.717) is 0 Å². The van der Waals surface area contributed by atoms with Crippen LogP contribution in [0.4, 0.5) is 19.0 Å². The maximum atomic E-state index is 12.4. The lowest BCUT2D eigenvalue weighted by atomic mass is 10.3. The van der Waals surface area contributed by atoms with Crippen LogP contribution in [0.2, 0.25) is 10.0 Å². The van der Waals surface area contributed by atoms with Crippen LogP contribution in [-0.2, 0) is 9.84 Å². The SMILES string of the molecule is CS(=O)(=O)c1nc2cc(Cl)c(Cl)cc2nc1NC(F)(F)F. The zero-order chi connectivity index (χ0) is 16.0. The van der Waals surface area contributed by atoms with Crippen LogP contribution in [0.1, 0.15) is 0 Å². The quantitative estimate of drug-likeness (QED) is 0.833. The second-order valence-corrected chi connectivity index (χ2v) is 6.77. The lowest BCUT2D eigenvalue weighted by molar-refractivity contribution is -0.100. The van der Waals surface area contributed by atoms with Crippen LogP contribution in [0, 0.1) is 0 Å². The van der Waals surface area contributed by atoms with E-state index in [1.54, 1.807) is 0 Å². The Labute approximate surface area is 127 Å². The molecule has 0 aliphatic rings. The highest BCUT2D eigenvalue weighted by molar-refractivity contribution is 7.90. The Hall–Kier alpha value is -1.32. The third-order valence-corrected chi connectivity index (χ3v) is 3.99. The van der Waals surface area contributed by atoms with Gasteiger partial charge in [-0.3, -0.25) is 5.32 Å². The van der Waals surface area contributed by atoms with Gasteiger partial charge in [-0.1, -0.05) is 23.2 Å². The first kappa shape index (κ1) is 16.1. The average Bonchev–Trinajstić information content (AvgIpc) is 2.27. The van der Waals surface area contributed by atoms with Crippen LogP contribution in [-0.4, -0.2) is 30.9 Å². The zero-order valence-corrected chi connectivity index (χ0v) is 12.5. The van der Waals surface area contributed by atoms with Crippen molar-refractivity contribution < 1.29 is 21.6 Å². The van der Waals surface area contributed by atoms with Crippen LogP contribution < -0.4 is 5.32 Å². The maximum absolute atomic E-state index is 12.4. The van der Waals surface area contributed by atoms with Crippen molar-refractivity contribution >= 4 is 49.9 Å². The number of fused-ring (bicyclic) bond motifs is 1. The summed E-state index contributed by atoms with van der Waals surface area (Å²) in [6, 6.07) is 2.41. The molecule has 11 heteroatoms. The van der Waals surface area contributed by atoms with Gasteiger partial charge < -0.3 is 0 Å². The molecule has 114 valence electrons. The second-order valence-electron chi connectivity index (χ2n) is 4.03. The molecule has 2 rings (SSSR count). The predicted octanol–water partition coefficient (Wildman–Crippen LogP) is 3.27. The summed E-state index contributed by atoms with van der Waals surface area (Å²) < 4.78 is 60.4. The number of rotatable bonds is 2. The van der Waals surface area contributed by atoms with Gasteiger partial charge in [-0.25, -0.2) is 18.4 Å². The molecule has 0 fully saturated rings. The number of alkyl halides is 3. The molecule has 1 aromatic heterocycles. The Balaban J connectivity index is 2.78. The first-order valence-electron chi connectivity index (χ1n) is 5.19. The Morgan fingerprint density at radius 2 is 1.57 bits per heavy atom. The van der Waals surface area contributed by atoms with E-state index in [-0.39, 0.29) is 21.1 Å². The van der Waals surface area contributed by atoms with E-state index in [1.165, 1.54) is 12.1 Å². The summed E-state index contributed by atoms with van der Waals surface area (Å²) in [5.41, 5.74) is -0.0129. The standard InChI is InChI=1S/C10H6Cl2F3N3O2S/c1-21(19,20)9-8(18-10(13,14)15)16-6-2-4(11)5(12)3-7(6)17-9/h2-3H,1H3,(H,16,18). The van der Waals surface area contributed by atoms with Gasteiger partial charge in [0.2, 0.25) is 0 Å². The van der Waals surface area contributed by atoms with Gasteiger partial charge in [-0.2, -0.15) is 13.2 Å². The molecule has 0 bridgehead atoms. The topological polar surface area (TPSA) is 72.0 Å². The number of hydrogen-bond donors (Lipinski definition) is 1. The van der Waals surface area contributed by atoms with E-state index in [4.69, 9.17) is 23.2 Å². The maximum Gasteiger partial charge on any atom is 0.483 e. The van der Waals surface area contributed by atoms with Crippen LogP contribution in [0.3, 0.4) is 0 Å². The van der Waals surface area contributed by atoms with E-state index >= 15 is 0 Å². The molecule has 0 aliphatic carbocycles. The lowest BCUT2D eigenvalue weighted by Gasteiger charge is -2.13. The van der Waals surface area contributed by atoms with Crippen molar-refractivity contribution in [2.75, 3.05) is 11.6 Å². The molecule has 21 heavy (non-hydrogen) atoms. The third kappa shape index (κ3) is 3.66. The van der Waals surface area contributed by atoms with Crippen LogP contribution in [0.25, 0.3) is 11.0 Å². The number of benzene rings is 1. The molecular weight excluding hydrogens is 354 g/mol. The van der Waals surface area contributed by atoms with Crippen molar-refractivity contribution in [1.82, 2.24) is 9.97 Å². The highest BCUT2D eigenvalue weighted by Crippen LogP contribution is 2.30. The Kier molecular flexibility index (Phi) is 3.94. The van der Waals surface area contributed by atoms with E-state index in [0.717, 1.165) is 11.6 Å². The molecule has 0 saturated carbocycles. The van der Waals surface area contributed by atoms with Gasteiger partial charge >= 0.3 is 6.30 Å². The van der Waals surface area contributed by atoms with Gasteiger partial charge in [-0.15, -0.1) is 0 Å². The minimum Gasteiger partial charge on any atom is -0.279 e. The molecule has 0 atom stereocenters. The smallest absolute Gasteiger partial charge is 0.279 e. The van der Waals surface area contributed by atoms with Gasteiger partial charge in [0.1, 0.15) is 0 Å². The van der Waals surface area contributed by atoms with Gasteiger partial charge in [0.05, 0.1) is 21.1 Å². The molecule has 2 aromatic rings. The summed E-state index contributed by atoms with van der Waals surface area (Å²) in [5.74, 6) is -0.920. The first-order chi connectivity index (χ1) is 9.47. The van der Waals surface area contributed by atoms with E-state index in [1.807, 2.05) is 0 Å². The lowest BCUT2D eigenvalue weighted by Crippen LogP contribution is -2.23. The highest BCUT2D eigenvalue weighted by atomic mass is 35.5. The number of aromatic nitrogens is 2. The van der Waals surface area contributed by atoms with Crippen molar-refractivity contribution in [2.24, 2.45) is 0 Å². The van der Waals surface area contributed by atoms with Gasteiger partial charge in [0, 0.05) is 6.26 Å². The normalized spacial score (nSPS) is 12.7. The third-order valence-electron chi connectivity index (χ3n) is 2.29. The van der Waals surface area contributed by atoms with Crippen LogP contribution in [0.15, 0.2) is 17.2 Å². The highest BCUT2D eigenvalue weighted by Gasteiger charge is 2.31. The minimum absolute atomic E-state index is 0.0116. The van der Waals surface area contributed by atoms with E-state index < -0.39 is 27.0 Å². The average molecular weight is 360 g/mol. The monoisotopic (exact) mass is 359 g/mol. The minimum atomic E-state index is -4.86. The predicted molar refractivity (Wildman–Crippen MR) is 72.3 cm³/mol. The number of nitrogens with zero attached hydrogens (tertiary/aromatic N) is 2. The molecule has 0 radical (unpaired) electrons. The fourth-order valence-corrected chi connectivity index (χ4v) is 2.54. The molecule has 0 saturated heterocycles. The molecule has 1 heterocycles. The number of hydrogen-bond acceptors (Lipinski definition) is 5. The molecule has 0 aliphatic heterocycles. The van der Waals surface area contributed by atoms with Crippen LogP contribution in [0.5, 0.6) is 0 Å². The fourth-order valence-electron chi connectivity index (χ4n) is 1.51. The summed E-state index contributed by atoms with van der Waals surface area (Å²) >= 11 is 11.5. The van der Waals surface area contributed by atoms with Crippen molar-refractivity contribution in [1.29, 1.82) is 0 Å². The molecule has 1 N–H and O–H groups in total. The number of nitrogens with one attached hydrogen (secondary N) is 1. The van der Waals surface area contributed by atoms with Crippen molar-refractivity contribution in [3.63, 3.8) is 0 Å². The Morgan fingerprint density at radius 3 is 2.00 bits per heavy atom. The largest absolute Gasteiger partial charge is 0.483 e. The van der Waals surface area contributed by atoms with Gasteiger partial charge in [0.15, 0.2) is 20.7 Å². The summed E-state index contributed by atoms with van der Waals surface area (Å²) in [4.78, 5) is 7.29. The molecule has 5 nitrogen and oxygen atoms in total. The van der Waals surface area contributed by atoms with Crippen molar-refractivity contribution in [3.05, 3.63) is 22.2 Å². The van der Waals surface area contributed by atoms with Crippen LogP contribution >= 0.6 is 23.2 Å². The summed E-state index contributed by atoms with van der Waals surface area (Å²) in [6.07, 6.45) is -4.14. The van der Waals surface area contributed by atoms with Gasteiger partial charge in [0.25, 0.3) is 0 Å². The Morgan fingerprint density at radius 1 is 1.10 bits per heavy atom. The van der Waals surface area contributed by atoms with E-state index in [9.17, 15) is 21.6 Å². The molecule has 0 unspecified atom stereocenters. The van der Waals surface area contributed by atoms with Crippen molar-refractivity contribution in [2.45, 2.75) is 11.3 Å². The molecular formula is C10H6Cl2F3N3O2S. The van der Waals surface area contributed by atoms with E-state index in [2.05, 4.69) is 9.97 Å². The Bertz CT molecular complexity index is 824. The summed E-state index contributed by atoms with van der Waals surface area (Å²) in [7, 11) is -4.03. The number of sulfone groups is 1. The zero-order valence-electron chi connectivity index (χ0n) is 10.2. The van der Waals surface area contributed by atoms with Gasteiger partial charge in [-0.05, 0) is 12.1 Å². The molecule has 1 aromatic carbocycles. The molecule has 0 spiro atoms. The number of halogens is 5. The molecule has 0 amide bonds. The summed E-state index contributed by atoms with van der Waals surface area (Å²) in [6.45, 7) is 0. The first-order valence-corrected chi connectivity index (χ1v) is 7.84. The number of anilines is 1. The fraction of sp³-hybridized carbons (Fsp3) is 0.200. The van der Waals surface area contributed by atoms with Crippen molar-refractivity contribution in [3.8, 4) is 0 Å².